The molecule has 2 heterocycles. The highest BCUT2D eigenvalue weighted by Gasteiger charge is 2.22. The van der Waals surface area contributed by atoms with Crippen LogP contribution in [0.15, 0.2) is 6.07 Å². The summed E-state index contributed by atoms with van der Waals surface area (Å²) in [6.45, 7) is 5.35. The summed E-state index contributed by atoms with van der Waals surface area (Å²) < 4.78 is 5.36. The van der Waals surface area contributed by atoms with Crippen LogP contribution in [0.3, 0.4) is 0 Å². The number of aromatic nitrogens is 2. The Morgan fingerprint density at radius 3 is 2.76 bits per heavy atom. The lowest BCUT2D eigenvalue weighted by molar-refractivity contribution is 0.122. The van der Waals surface area contributed by atoms with Gasteiger partial charge in [0, 0.05) is 25.2 Å². The predicted octanol–water partition coefficient (Wildman–Crippen LogP) is 1.20. The Balaban J connectivity index is 1.79. The van der Waals surface area contributed by atoms with E-state index in [1.807, 2.05) is 6.92 Å². The van der Waals surface area contributed by atoms with Crippen molar-refractivity contribution in [3.63, 3.8) is 0 Å². The Morgan fingerprint density at radius 1 is 1.29 bits per heavy atom. The van der Waals surface area contributed by atoms with Crippen LogP contribution in [0.25, 0.3) is 0 Å². The van der Waals surface area contributed by atoms with Crippen molar-refractivity contribution < 1.29 is 4.74 Å². The highest BCUT2D eigenvalue weighted by molar-refractivity contribution is 5.50. The van der Waals surface area contributed by atoms with Gasteiger partial charge < -0.3 is 15.0 Å². The largest absolute Gasteiger partial charge is 0.378 e. The summed E-state index contributed by atoms with van der Waals surface area (Å²) in [5.74, 6) is 2.81. The second-order valence-corrected chi connectivity index (χ2v) is 4.68. The molecule has 0 radical (unpaired) electrons. The van der Waals surface area contributed by atoms with E-state index in [2.05, 4.69) is 26.3 Å². The number of anilines is 2. The van der Waals surface area contributed by atoms with Gasteiger partial charge in [0.15, 0.2) is 0 Å². The van der Waals surface area contributed by atoms with Gasteiger partial charge in [-0.2, -0.15) is 0 Å². The minimum absolute atomic E-state index is 0.627. The zero-order chi connectivity index (χ0) is 11.7. The first-order valence-electron chi connectivity index (χ1n) is 6.26. The zero-order valence-corrected chi connectivity index (χ0v) is 10.1. The van der Waals surface area contributed by atoms with Crippen molar-refractivity contribution in [3.8, 4) is 0 Å². The smallest absolute Gasteiger partial charge is 0.134 e. The predicted molar refractivity (Wildman–Crippen MR) is 66.4 cm³/mol. The molecule has 5 heteroatoms. The van der Waals surface area contributed by atoms with Gasteiger partial charge in [0.1, 0.15) is 17.5 Å². The molecule has 1 N–H and O–H groups in total. The summed E-state index contributed by atoms with van der Waals surface area (Å²) in [5, 5.41) is 3.43. The van der Waals surface area contributed by atoms with E-state index >= 15 is 0 Å². The van der Waals surface area contributed by atoms with E-state index in [-0.39, 0.29) is 0 Å². The summed E-state index contributed by atoms with van der Waals surface area (Å²) in [6, 6.07) is 2.68. The summed E-state index contributed by atoms with van der Waals surface area (Å²) in [6.07, 6.45) is 2.52. The van der Waals surface area contributed by atoms with E-state index in [0.717, 1.165) is 43.8 Å². The van der Waals surface area contributed by atoms with E-state index in [4.69, 9.17) is 4.74 Å². The van der Waals surface area contributed by atoms with Gasteiger partial charge in [-0.15, -0.1) is 0 Å². The van der Waals surface area contributed by atoms with Crippen molar-refractivity contribution in [2.75, 3.05) is 36.5 Å². The molecule has 1 aliphatic carbocycles. The number of morpholine rings is 1. The molecule has 1 saturated heterocycles. The van der Waals surface area contributed by atoms with Crippen molar-refractivity contribution in [1.82, 2.24) is 9.97 Å². The first kappa shape index (κ1) is 10.8. The molecule has 1 aromatic rings. The van der Waals surface area contributed by atoms with Crippen LogP contribution in [0.5, 0.6) is 0 Å². The molecule has 3 rings (SSSR count). The lowest BCUT2D eigenvalue weighted by atomic mass is 10.4. The number of ether oxygens (including phenoxy) is 1. The molecule has 5 nitrogen and oxygen atoms in total. The number of nitrogens with one attached hydrogen (secondary N) is 1. The second-order valence-electron chi connectivity index (χ2n) is 4.68. The third-order valence-corrected chi connectivity index (χ3v) is 3.09. The first-order chi connectivity index (χ1) is 8.31. The summed E-state index contributed by atoms with van der Waals surface area (Å²) in [4.78, 5) is 11.2. The van der Waals surface area contributed by atoms with Gasteiger partial charge in [0.25, 0.3) is 0 Å². The van der Waals surface area contributed by atoms with E-state index in [9.17, 15) is 0 Å². The maximum absolute atomic E-state index is 5.36. The molecule has 1 aliphatic heterocycles. The van der Waals surface area contributed by atoms with Crippen molar-refractivity contribution >= 4 is 11.6 Å². The standard InChI is InChI=1S/C12H18N4O/c1-9-13-11(15-10-2-3-10)8-12(14-9)16-4-6-17-7-5-16/h8,10H,2-7H2,1H3,(H,13,14,15). The third-order valence-electron chi connectivity index (χ3n) is 3.09. The van der Waals surface area contributed by atoms with Gasteiger partial charge in [0.05, 0.1) is 13.2 Å². The molecule has 2 fully saturated rings. The molecule has 0 atom stereocenters. The van der Waals surface area contributed by atoms with Crippen molar-refractivity contribution in [2.24, 2.45) is 0 Å². The van der Waals surface area contributed by atoms with Gasteiger partial charge in [-0.1, -0.05) is 0 Å². The van der Waals surface area contributed by atoms with E-state index in [0.29, 0.717) is 6.04 Å². The number of hydrogen-bond donors (Lipinski definition) is 1. The number of aryl methyl sites for hydroxylation is 1. The molecular formula is C12H18N4O. The molecule has 0 bridgehead atoms. The van der Waals surface area contributed by atoms with Crippen molar-refractivity contribution in [3.05, 3.63) is 11.9 Å². The molecule has 17 heavy (non-hydrogen) atoms. The summed E-state index contributed by atoms with van der Waals surface area (Å²) in [7, 11) is 0. The van der Waals surface area contributed by atoms with Crippen LogP contribution in [0, 0.1) is 6.92 Å². The molecular weight excluding hydrogens is 216 g/mol. The normalized spacial score (nSPS) is 20.4. The molecule has 2 aliphatic rings. The van der Waals surface area contributed by atoms with Crippen LogP contribution < -0.4 is 10.2 Å². The van der Waals surface area contributed by atoms with Crippen LogP contribution in [-0.2, 0) is 4.74 Å². The van der Waals surface area contributed by atoms with Crippen molar-refractivity contribution in [2.45, 2.75) is 25.8 Å². The average Bonchev–Trinajstić information content (AvgIpc) is 3.13. The maximum Gasteiger partial charge on any atom is 0.134 e. The fraction of sp³-hybridized carbons (Fsp3) is 0.667. The fourth-order valence-electron chi connectivity index (χ4n) is 2.02. The molecule has 1 aromatic heterocycles. The Kier molecular flexibility index (Phi) is 2.84. The molecule has 0 spiro atoms. The minimum atomic E-state index is 0.627. The second kappa shape index (κ2) is 4.49. The molecule has 0 aromatic carbocycles. The minimum Gasteiger partial charge on any atom is -0.378 e. The summed E-state index contributed by atoms with van der Waals surface area (Å²) in [5.41, 5.74) is 0. The molecule has 0 amide bonds. The lowest BCUT2D eigenvalue weighted by Gasteiger charge is -2.28. The highest BCUT2D eigenvalue weighted by Crippen LogP contribution is 2.25. The zero-order valence-electron chi connectivity index (χ0n) is 10.1. The van der Waals surface area contributed by atoms with Crippen LogP contribution >= 0.6 is 0 Å². The Hall–Kier alpha value is -1.36. The number of hydrogen-bond acceptors (Lipinski definition) is 5. The van der Waals surface area contributed by atoms with Crippen LogP contribution in [0.4, 0.5) is 11.6 Å². The van der Waals surface area contributed by atoms with E-state index in [1.165, 1.54) is 12.8 Å². The molecule has 92 valence electrons. The van der Waals surface area contributed by atoms with Gasteiger partial charge in [-0.05, 0) is 19.8 Å². The third kappa shape index (κ3) is 2.66. The van der Waals surface area contributed by atoms with Gasteiger partial charge in [-0.3, -0.25) is 0 Å². The van der Waals surface area contributed by atoms with Gasteiger partial charge in [0.2, 0.25) is 0 Å². The Labute approximate surface area is 101 Å². The number of rotatable bonds is 3. The summed E-state index contributed by atoms with van der Waals surface area (Å²) >= 11 is 0. The van der Waals surface area contributed by atoms with Crippen LogP contribution in [-0.4, -0.2) is 42.3 Å². The maximum atomic E-state index is 5.36. The molecule has 1 saturated carbocycles. The average molecular weight is 234 g/mol. The number of nitrogens with zero attached hydrogens (tertiary/aromatic N) is 3. The van der Waals surface area contributed by atoms with Crippen molar-refractivity contribution in [1.29, 1.82) is 0 Å². The SMILES string of the molecule is Cc1nc(NC2CC2)cc(N2CCOCC2)n1. The highest BCUT2D eigenvalue weighted by atomic mass is 16.5. The Morgan fingerprint density at radius 2 is 2.06 bits per heavy atom. The van der Waals surface area contributed by atoms with E-state index in [1.54, 1.807) is 0 Å². The first-order valence-corrected chi connectivity index (χ1v) is 6.26. The van der Waals surface area contributed by atoms with Crippen LogP contribution in [0.2, 0.25) is 0 Å². The van der Waals surface area contributed by atoms with Gasteiger partial charge in [-0.25, -0.2) is 9.97 Å². The van der Waals surface area contributed by atoms with Gasteiger partial charge >= 0.3 is 0 Å². The topological polar surface area (TPSA) is 50.3 Å². The monoisotopic (exact) mass is 234 g/mol. The fourth-order valence-corrected chi connectivity index (χ4v) is 2.02. The van der Waals surface area contributed by atoms with E-state index < -0.39 is 0 Å². The van der Waals surface area contributed by atoms with Crippen LogP contribution in [0.1, 0.15) is 18.7 Å². The Bertz CT molecular complexity index is 399. The quantitative estimate of drug-likeness (QED) is 0.851. The molecule has 0 unspecified atom stereocenters. The lowest BCUT2D eigenvalue weighted by Crippen LogP contribution is -2.37.